The van der Waals surface area contributed by atoms with E-state index in [1.165, 1.54) is 7.11 Å². The standard InChI is InChI=1S/C14H17NO6/c1-20-12(16)8-7-11(13(17)18)15-14(19)21-9-10-5-3-2-4-6-10/h2-6,11H,7-9H2,1H3,(H,15,19)(H,17,18)/t11-/m0/s1. The zero-order valence-corrected chi connectivity index (χ0v) is 11.6. The number of hydrogen-bond acceptors (Lipinski definition) is 5. The first-order valence-corrected chi connectivity index (χ1v) is 6.29. The van der Waals surface area contributed by atoms with E-state index < -0.39 is 24.1 Å². The van der Waals surface area contributed by atoms with Crippen LogP contribution in [-0.4, -0.2) is 36.3 Å². The highest BCUT2D eigenvalue weighted by Crippen LogP contribution is 2.03. The first-order chi connectivity index (χ1) is 10.0. The number of esters is 1. The molecule has 1 aromatic rings. The van der Waals surface area contributed by atoms with Crippen molar-refractivity contribution < 1.29 is 29.0 Å². The number of methoxy groups -OCH3 is 1. The van der Waals surface area contributed by atoms with Crippen molar-refractivity contribution in [3.05, 3.63) is 35.9 Å². The summed E-state index contributed by atoms with van der Waals surface area (Å²) in [6, 6.07) is 7.78. The van der Waals surface area contributed by atoms with Crippen molar-refractivity contribution in [2.45, 2.75) is 25.5 Å². The summed E-state index contributed by atoms with van der Waals surface area (Å²) in [6.45, 7) is 0.0377. The third-order valence-electron chi connectivity index (χ3n) is 2.67. The molecule has 0 aliphatic carbocycles. The number of carbonyl (C=O) groups is 3. The van der Waals surface area contributed by atoms with Gasteiger partial charge in [-0.3, -0.25) is 4.79 Å². The van der Waals surface area contributed by atoms with Crippen LogP contribution in [0.2, 0.25) is 0 Å². The number of ether oxygens (including phenoxy) is 2. The van der Waals surface area contributed by atoms with Gasteiger partial charge in [0.15, 0.2) is 0 Å². The third kappa shape index (κ3) is 6.42. The van der Waals surface area contributed by atoms with Crippen molar-refractivity contribution in [1.29, 1.82) is 0 Å². The molecule has 7 nitrogen and oxygen atoms in total. The van der Waals surface area contributed by atoms with Crippen LogP contribution in [0.1, 0.15) is 18.4 Å². The molecule has 21 heavy (non-hydrogen) atoms. The topological polar surface area (TPSA) is 102 Å². The molecule has 0 spiro atoms. The number of aliphatic carboxylic acids is 1. The van der Waals surface area contributed by atoms with Gasteiger partial charge in [0.05, 0.1) is 7.11 Å². The summed E-state index contributed by atoms with van der Waals surface area (Å²) in [7, 11) is 1.21. The fourth-order valence-corrected chi connectivity index (χ4v) is 1.53. The largest absolute Gasteiger partial charge is 0.480 e. The zero-order valence-electron chi connectivity index (χ0n) is 11.6. The Morgan fingerprint density at radius 2 is 1.90 bits per heavy atom. The molecule has 1 rings (SSSR count). The van der Waals surface area contributed by atoms with Crippen LogP contribution >= 0.6 is 0 Å². The Hall–Kier alpha value is -2.57. The van der Waals surface area contributed by atoms with E-state index >= 15 is 0 Å². The van der Waals surface area contributed by atoms with Gasteiger partial charge in [-0.15, -0.1) is 0 Å². The Balaban J connectivity index is 2.41. The summed E-state index contributed by atoms with van der Waals surface area (Å²) >= 11 is 0. The SMILES string of the molecule is COC(=O)CC[C@H](NC(=O)OCc1ccccc1)C(=O)O. The molecule has 0 aliphatic heterocycles. The summed E-state index contributed by atoms with van der Waals surface area (Å²) in [5.74, 6) is -1.78. The molecule has 1 aromatic carbocycles. The number of carbonyl (C=O) groups excluding carboxylic acids is 2. The van der Waals surface area contributed by atoms with Gasteiger partial charge in [0, 0.05) is 6.42 Å². The van der Waals surface area contributed by atoms with Gasteiger partial charge in [-0.1, -0.05) is 30.3 Å². The molecular formula is C14H17NO6. The molecule has 2 N–H and O–H groups in total. The fraction of sp³-hybridized carbons (Fsp3) is 0.357. The number of benzene rings is 1. The van der Waals surface area contributed by atoms with E-state index in [1.807, 2.05) is 6.07 Å². The number of amides is 1. The average molecular weight is 295 g/mol. The van der Waals surface area contributed by atoms with Crippen molar-refractivity contribution >= 4 is 18.0 Å². The molecule has 1 atom stereocenters. The molecule has 0 saturated carbocycles. The number of carboxylic acid groups (broad SMARTS) is 1. The van der Waals surface area contributed by atoms with Crippen molar-refractivity contribution in [1.82, 2.24) is 5.32 Å². The second-order valence-electron chi connectivity index (χ2n) is 4.21. The second-order valence-corrected chi connectivity index (χ2v) is 4.21. The number of carboxylic acids is 1. The molecule has 1 amide bonds. The number of hydrogen-bond donors (Lipinski definition) is 2. The molecule has 0 unspecified atom stereocenters. The minimum atomic E-state index is -1.24. The monoisotopic (exact) mass is 295 g/mol. The van der Waals surface area contributed by atoms with Crippen molar-refractivity contribution in [2.24, 2.45) is 0 Å². The Morgan fingerprint density at radius 3 is 2.48 bits per heavy atom. The van der Waals surface area contributed by atoms with E-state index in [9.17, 15) is 14.4 Å². The molecule has 0 saturated heterocycles. The van der Waals surface area contributed by atoms with Gasteiger partial charge in [-0.2, -0.15) is 0 Å². The molecule has 0 bridgehead atoms. The highest BCUT2D eigenvalue weighted by atomic mass is 16.5. The molecule has 0 aromatic heterocycles. The molecular weight excluding hydrogens is 278 g/mol. The highest BCUT2D eigenvalue weighted by molar-refractivity contribution is 5.80. The lowest BCUT2D eigenvalue weighted by molar-refractivity contribution is -0.142. The molecule has 0 radical (unpaired) electrons. The Kier molecular flexibility index (Phi) is 6.73. The van der Waals surface area contributed by atoms with Crippen molar-refractivity contribution in [2.75, 3.05) is 7.11 Å². The Morgan fingerprint density at radius 1 is 1.24 bits per heavy atom. The Bertz CT molecular complexity index is 487. The van der Waals surface area contributed by atoms with Crippen LogP contribution < -0.4 is 5.32 Å². The maximum Gasteiger partial charge on any atom is 0.408 e. The zero-order chi connectivity index (χ0) is 15.7. The first-order valence-electron chi connectivity index (χ1n) is 6.29. The minimum absolute atomic E-state index is 0.0377. The van der Waals surface area contributed by atoms with Crippen LogP contribution in [-0.2, 0) is 25.7 Å². The second kappa shape index (κ2) is 8.57. The lowest BCUT2D eigenvalue weighted by Gasteiger charge is -2.14. The van der Waals surface area contributed by atoms with Gasteiger partial charge in [0.1, 0.15) is 12.6 Å². The van der Waals surface area contributed by atoms with Crippen LogP contribution in [0.25, 0.3) is 0 Å². The Labute approximate surface area is 121 Å². The van der Waals surface area contributed by atoms with E-state index in [1.54, 1.807) is 24.3 Å². The van der Waals surface area contributed by atoms with Crippen molar-refractivity contribution in [3.8, 4) is 0 Å². The normalized spacial score (nSPS) is 11.3. The summed E-state index contributed by atoms with van der Waals surface area (Å²) in [6.07, 6.45) is -1.02. The third-order valence-corrected chi connectivity index (χ3v) is 2.67. The van der Waals surface area contributed by atoms with Gasteiger partial charge in [-0.05, 0) is 12.0 Å². The summed E-state index contributed by atoms with van der Waals surface area (Å²) in [5, 5.41) is 11.2. The highest BCUT2D eigenvalue weighted by Gasteiger charge is 2.21. The maximum atomic E-state index is 11.5. The van der Waals surface area contributed by atoms with E-state index in [0.29, 0.717) is 0 Å². The summed E-state index contributed by atoms with van der Waals surface area (Å²) in [5.41, 5.74) is 0.786. The maximum absolute atomic E-state index is 11.5. The quantitative estimate of drug-likeness (QED) is 0.735. The van der Waals surface area contributed by atoms with E-state index in [-0.39, 0.29) is 19.4 Å². The van der Waals surface area contributed by atoms with Crippen LogP contribution in [0.5, 0.6) is 0 Å². The molecule has 0 fully saturated rings. The molecule has 0 heterocycles. The lowest BCUT2D eigenvalue weighted by Crippen LogP contribution is -2.41. The van der Waals surface area contributed by atoms with Gasteiger partial charge in [-0.25, -0.2) is 9.59 Å². The van der Waals surface area contributed by atoms with E-state index in [4.69, 9.17) is 9.84 Å². The average Bonchev–Trinajstić information content (AvgIpc) is 2.49. The number of rotatable bonds is 7. The van der Waals surface area contributed by atoms with Crippen LogP contribution in [0, 0.1) is 0 Å². The fourth-order valence-electron chi connectivity index (χ4n) is 1.53. The van der Waals surface area contributed by atoms with Gasteiger partial charge in [0.2, 0.25) is 0 Å². The van der Waals surface area contributed by atoms with Crippen LogP contribution in [0.15, 0.2) is 30.3 Å². The molecule has 7 heteroatoms. The van der Waals surface area contributed by atoms with E-state index in [0.717, 1.165) is 5.56 Å². The number of nitrogens with one attached hydrogen (secondary N) is 1. The predicted molar refractivity (Wildman–Crippen MR) is 72.4 cm³/mol. The smallest absolute Gasteiger partial charge is 0.408 e. The van der Waals surface area contributed by atoms with Gasteiger partial charge in [0.25, 0.3) is 0 Å². The molecule has 0 aliphatic rings. The van der Waals surface area contributed by atoms with Gasteiger partial charge < -0.3 is 19.9 Å². The lowest BCUT2D eigenvalue weighted by atomic mass is 10.1. The van der Waals surface area contributed by atoms with Gasteiger partial charge >= 0.3 is 18.0 Å². The van der Waals surface area contributed by atoms with Crippen LogP contribution in [0.3, 0.4) is 0 Å². The summed E-state index contributed by atoms with van der Waals surface area (Å²) < 4.78 is 9.33. The number of alkyl carbamates (subject to hydrolysis) is 1. The molecule has 114 valence electrons. The van der Waals surface area contributed by atoms with E-state index in [2.05, 4.69) is 10.1 Å². The predicted octanol–water partition coefficient (Wildman–Crippen LogP) is 1.32. The first kappa shape index (κ1) is 16.5. The minimum Gasteiger partial charge on any atom is -0.480 e. The van der Waals surface area contributed by atoms with Crippen molar-refractivity contribution in [3.63, 3.8) is 0 Å². The summed E-state index contributed by atoms with van der Waals surface area (Å²) in [4.78, 5) is 33.5. The van der Waals surface area contributed by atoms with Crippen LogP contribution in [0.4, 0.5) is 4.79 Å².